The number of nitrogens with two attached hydrogens (primary N) is 1. The number of pyridine rings is 1. The number of esters is 1. The zero-order valence-corrected chi connectivity index (χ0v) is 31.5. The highest BCUT2D eigenvalue weighted by Gasteiger charge is 2.44. The minimum atomic E-state index is -1.30. The summed E-state index contributed by atoms with van der Waals surface area (Å²) >= 11 is 0. The van der Waals surface area contributed by atoms with Gasteiger partial charge in [-0.2, -0.15) is 0 Å². The number of aromatic nitrogens is 1. The first-order valence-corrected chi connectivity index (χ1v) is 18.2. The smallest absolute Gasteiger partial charge is 0.337 e. The standard InChI is InChI=1S/C37H53N7O10/c1-21(30(38)46)40-34(50)28(22-12-7-6-8-13-22)42-33(49)26-15-11-17-44(26)35(51)29(37(2,3)4)43-32(48)25(14-9-10-16-27(45)54-5)41-31(47)23-18-24(36(52)53)20-39-19-23/h10,16,18-22,25-26,28-29H,6-9,11-15,17H2,1-5H3,(H2,38,46)(H,40,50)(H,41,47)(H,42,49)(H,43,48)(H,52,53)/b16-10+/t21-,25-,26-,28-,29+/m0/s1. The second-order valence-electron chi connectivity index (χ2n) is 14.8. The summed E-state index contributed by atoms with van der Waals surface area (Å²) in [7, 11) is 1.21. The molecule has 3 rings (SSSR count). The van der Waals surface area contributed by atoms with E-state index in [9.17, 15) is 43.5 Å². The zero-order chi connectivity index (χ0) is 40.2. The van der Waals surface area contributed by atoms with Crippen molar-refractivity contribution in [2.24, 2.45) is 17.1 Å². The quantitative estimate of drug-likeness (QED) is 0.102. The third kappa shape index (κ3) is 12.1. The Balaban J connectivity index is 1.84. The minimum Gasteiger partial charge on any atom is -0.478 e. The molecule has 0 bridgehead atoms. The highest BCUT2D eigenvalue weighted by Crippen LogP contribution is 2.29. The van der Waals surface area contributed by atoms with Crippen LogP contribution in [0, 0.1) is 11.3 Å². The molecular weight excluding hydrogens is 702 g/mol. The lowest BCUT2D eigenvalue weighted by atomic mass is 9.83. The molecule has 1 saturated heterocycles. The zero-order valence-electron chi connectivity index (χ0n) is 31.5. The molecule has 17 nitrogen and oxygen atoms in total. The van der Waals surface area contributed by atoms with Crippen molar-refractivity contribution >= 4 is 47.4 Å². The monoisotopic (exact) mass is 755 g/mol. The lowest BCUT2D eigenvalue weighted by Gasteiger charge is -2.37. The van der Waals surface area contributed by atoms with Crippen molar-refractivity contribution in [2.75, 3.05) is 13.7 Å². The molecule has 1 saturated carbocycles. The molecule has 17 heteroatoms. The lowest BCUT2D eigenvalue weighted by molar-refractivity contribution is -0.145. The van der Waals surface area contributed by atoms with E-state index in [1.807, 2.05) is 0 Å². The van der Waals surface area contributed by atoms with Crippen LogP contribution in [0.15, 0.2) is 30.6 Å². The fourth-order valence-corrected chi connectivity index (χ4v) is 6.55. The largest absolute Gasteiger partial charge is 0.478 e. The Morgan fingerprint density at radius 2 is 1.61 bits per heavy atom. The van der Waals surface area contributed by atoms with Crippen LogP contribution in [0.3, 0.4) is 0 Å². The Morgan fingerprint density at radius 1 is 0.944 bits per heavy atom. The van der Waals surface area contributed by atoms with E-state index in [-0.39, 0.29) is 36.4 Å². The molecule has 1 aliphatic heterocycles. The number of methoxy groups -OCH3 is 1. The van der Waals surface area contributed by atoms with E-state index in [0.29, 0.717) is 25.7 Å². The lowest BCUT2D eigenvalue weighted by Crippen LogP contribution is -2.61. The summed E-state index contributed by atoms with van der Waals surface area (Å²) in [6.07, 6.45) is 9.93. The molecule has 5 atom stereocenters. The van der Waals surface area contributed by atoms with Gasteiger partial charge in [0.1, 0.15) is 30.2 Å². The Kier molecular flexibility index (Phi) is 15.7. The summed E-state index contributed by atoms with van der Waals surface area (Å²) in [5, 5.41) is 20.2. The number of carboxylic acids is 1. The van der Waals surface area contributed by atoms with Gasteiger partial charge in [0.05, 0.1) is 18.2 Å². The van der Waals surface area contributed by atoms with Crippen molar-refractivity contribution in [1.82, 2.24) is 31.2 Å². The number of carboxylic acid groups (broad SMARTS) is 1. The van der Waals surface area contributed by atoms with Gasteiger partial charge in [-0.25, -0.2) is 9.59 Å². The highest BCUT2D eigenvalue weighted by atomic mass is 16.5. The summed E-state index contributed by atoms with van der Waals surface area (Å²) in [4.78, 5) is 109. The number of nitrogens with zero attached hydrogens (tertiary/aromatic N) is 2. The molecule has 2 aliphatic rings. The average Bonchev–Trinajstić information content (AvgIpc) is 3.63. The second kappa shape index (κ2) is 19.6. The van der Waals surface area contributed by atoms with E-state index in [1.165, 1.54) is 25.0 Å². The van der Waals surface area contributed by atoms with Crippen LogP contribution in [-0.4, -0.2) is 106 Å². The predicted molar refractivity (Wildman–Crippen MR) is 194 cm³/mol. The second-order valence-corrected chi connectivity index (χ2v) is 14.8. The summed E-state index contributed by atoms with van der Waals surface area (Å²) < 4.78 is 4.60. The van der Waals surface area contributed by atoms with Crippen LogP contribution in [0.4, 0.5) is 0 Å². The number of hydrogen-bond donors (Lipinski definition) is 6. The number of likely N-dealkylation sites (tertiary alicyclic amines) is 1. The SMILES string of the molecule is COC(=O)/C=C/CC[C@H](NC(=O)c1cncc(C(=O)O)c1)C(=O)N[C@H](C(=O)N1CCC[C@H]1C(=O)N[C@H](C(=O)N[C@@H](C)C(N)=O)C1CCCCC1)C(C)(C)C. The van der Waals surface area contributed by atoms with Crippen molar-refractivity contribution in [3.63, 3.8) is 0 Å². The van der Waals surface area contributed by atoms with Crippen molar-refractivity contribution in [3.05, 3.63) is 41.7 Å². The molecule has 1 aliphatic carbocycles. The van der Waals surface area contributed by atoms with Crippen LogP contribution in [0.1, 0.15) is 106 Å². The van der Waals surface area contributed by atoms with E-state index >= 15 is 0 Å². The Labute approximate surface area is 314 Å². The van der Waals surface area contributed by atoms with Crippen LogP contribution in [0.25, 0.3) is 0 Å². The summed E-state index contributed by atoms with van der Waals surface area (Å²) in [5.74, 6) is -5.94. The van der Waals surface area contributed by atoms with Crippen LogP contribution < -0.4 is 27.0 Å². The van der Waals surface area contributed by atoms with Crippen molar-refractivity contribution < 1.29 is 48.2 Å². The maximum atomic E-state index is 14.3. The number of carbonyl (C=O) groups excluding carboxylic acids is 7. The average molecular weight is 756 g/mol. The van der Waals surface area contributed by atoms with Gasteiger partial charge in [-0.05, 0) is 62.8 Å². The van der Waals surface area contributed by atoms with E-state index in [1.54, 1.807) is 20.8 Å². The van der Waals surface area contributed by atoms with Gasteiger partial charge >= 0.3 is 11.9 Å². The number of amides is 6. The van der Waals surface area contributed by atoms with E-state index in [0.717, 1.165) is 43.8 Å². The number of carbonyl (C=O) groups is 8. The van der Waals surface area contributed by atoms with Gasteiger partial charge in [-0.1, -0.05) is 46.1 Å². The molecule has 2 fully saturated rings. The van der Waals surface area contributed by atoms with Crippen LogP contribution in [0.2, 0.25) is 0 Å². The van der Waals surface area contributed by atoms with Gasteiger partial charge in [0.25, 0.3) is 5.91 Å². The molecule has 0 unspecified atom stereocenters. The molecule has 1 aromatic rings. The molecule has 296 valence electrons. The third-order valence-corrected chi connectivity index (χ3v) is 9.67. The summed E-state index contributed by atoms with van der Waals surface area (Å²) in [5.41, 5.74) is 4.13. The molecule has 0 spiro atoms. The molecule has 0 aromatic carbocycles. The van der Waals surface area contributed by atoms with Crippen LogP contribution in [0.5, 0.6) is 0 Å². The summed E-state index contributed by atoms with van der Waals surface area (Å²) in [6, 6.07) is -4.16. The van der Waals surface area contributed by atoms with Crippen LogP contribution >= 0.6 is 0 Å². The van der Waals surface area contributed by atoms with Gasteiger partial charge in [0.15, 0.2) is 0 Å². The van der Waals surface area contributed by atoms with E-state index < -0.39 is 83.0 Å². The Bertz CT molecular complexity index is 1600. The van der Waals surface area contributed by atoms with Gasteiger partial charge in [0.2, 0.25) is 29.5 Å². The maximum Gasteiger partial charge on any atom is 0.337 e. The number of aromatic carboxylic acids is 1. The summed E-state index contributed by atoms with van der Waals surface area (Å²) in [6.45, 7) is 6.88. The molecule has 6 amide bonds. The molecule has 2 heterocycles. The third-order valence-electron chi connectivity index (χ3n) is 9.67. The van der Waals surface area contributed by atoms with Gasteiger partial charge in [-0.3, -0.25) is 33.8 Å². The minimum absolute atomic E-state index is 0.0180. The fraction of sp³-hybridized carbons (Fsp3) is 0.595. The number of nitrogens with one attached hydrogen (secondary N) is 4. The highest BCUT2D eigenvalue weighted by molar-refractivity contribution is 6.00. The van der Waals surface area contributed by atoms with Gasteiger partial charge in [-0.15, -0.1) is 0 Å². The van der Waals surface area contributed by atoms with Gasteiger partial charge < -0.3 is 41.7 Å². The molecule has 0 radical (unpaired) electrons. The number of ether oxygens (including phenoxy) is 1. The predicted octanol–water partition coefficient (Wildman–Crippen LogP) is 0.965. The van der Waals surface area contributed by atoms with Gasteiger partial charge in [0, 0.05) is 25.0 Å². The molecule has 1 aromatic heterocycles. The van der Waals surface area contributed by atoms with Crippen LogP contribution in [-0.2, 0) is 33.5 Å². The van der Waals surface area contributed by atoms with E-state index in [2.05, 4.69) is 31.0 Å². The first kappa shape index (κ1) is 43.1. The fourth-order valence-electron chi connectivity index (χ4n) is 6.55. The Hall–Kier alpha value is -5.35. The van der Waals surface area contributed by atoms with Crippen molar-refractivity contribution in [2.45, 2.75) is 116 Å². The first-order valence-electron chi connectivity index (χ1n) is 18.2. The number of hydrogen-bond acceptors (Lipinski definition) is 10. The first-order chi connectivity index (χ1) is 25.4. The van der Waals surface area contributed by atoms with E-state index in [4.69, 9.17) is 5.73 Å². The molecule has 54 heavy (non-hydrogen) atoms. The topological polar surface area (TPSA) is 256 Å². The maximum absolute atomic E-state index is 14.3. The van der Waals surface area contributed by atoms with Crippen molar-refractivity contribution in [3.8, 4) is 0 Å². The number of rotatable bonds is 16. The normalized spacial score (nSPS) is 18.5. The Morgan fingerprint density at radius 3 is 2.22 bits per heavy atom. The number of allylic oxidation sites excluding steroid dienone is 1. The molecular formula is C37H53N7O10. The van der Waals surface area contributed by atoms with Crippen molar-refractivity contribution in [1.29, 1.82) is 0 Å². The molecule has 7 N–H and O–H groups in total. The number of primary amides is 1.